The van der Waals surface area contributed by atoms with E-state index in [1.807, 2.05) is 0 Å². The zero-order valence-electron chi connectivity index (χ0n) is 14.3. The molecule has 0 bridgehead atoms. The first kappa shape index (κ1) is 17.4. The van der Waals surface area contributed by atoms with Crippen molar-refractivity contribution in [3.05, 3.63) is 63.7 Å². The Balaban J connectivity index is 1.83. The number of non-ortho nitro benzene ring substituents is 1. The average Bonchev–Trinajstić information content (AvgIpc) is 2.65. The van der Waals surface area contributed by atoms with E-state index in [4.69, 9.17) is 4.74 Å². The highest BCUT2D eigenvalue weighted by atomic mass is 16.6. The van der Waals surface area contributed by atoms with E-state index >= 15 is 0 Å². The summed E-state index contributed by atoms with van der Waals surface area (Å²) >= 11 is 0. The molecule has 0 radical (unpaired) electrons. The second-order valence-electron chi connectivity index (χ2n) is 5.99. The van der Waals surface area contributed by atoms with E-state index in [2.05, 4.69) is 5.32 Å². The molecule has 0 saturated heterocycles. The van der Waals surface area contributed by atoms with Crippen LogP contribution in [0.3, 0.4) is 0 Å². The van der Waals surface area contributed by atoms with Gasteiger partial charge in [-0.3, -0.25) is 19.7 Å². The number of ether oxygens (including phenoxy) is 1. The van der Waals surface area contributed by atoms with Crippen LogP contribution in [0.4, 0.5) is 11.4 Å². The van der Waals surface area contributed by atoms with Crippen LogP contribution in [0.25, 0.3) is 0 Å². The molecule has 0 aliphatic carbocycles. The van der Waals surface area contributed by atoms with Gasteiger partial charge in [0, 0.05) is 24.7 Å². The van der Waals surface area contributed by atoms with Crippen molar-refractivity contribution in [2.75, 3.05) is 19.0 Å². The fourth-order valence-electron chi connectivity index (χ4n) is 2.72. The number of fused-ring (bicyclic) bond motifs is 1. The Morgan fingerprint density at radius 2 is 2.08 bits per heavy atom. The first-order valence-corrected chi connectivity index (χ1v) is 7.95. The van der Waals surface area contributed by atoms with E-state index in [0.717, 1.165) is 0 Å². The molecule has 1 heterocycles. The van der Waals surface area contributed by atoms with E-state index in [-0.39, 0.29) is 30.2 Å². The zero-order chi connectivity index (χ0) is 18.8. The van der Waals surface area contributed by atoms with Gasteiger partial charge < -0.3 is 15.0 Å². The van der Waals surface area contributed by atoms with Gasteiger partial charge in [0.1, 0.15) is 5.75 Å². The van der Waals surface area contributed by atoms with Gasteiger partial charge in [-0.05, 0) is 30.7 Å². The molecule has 1 aliphatic rings. The molecule has 1 atom stereocenters. The number of amides is 2. The average molecular weight is 355 g/mol. The van der Waals surface area contributed by atoms with Crippen LogP contribution in [-0.4, -0.2) is 35.3 Å². The van der Waals surface area contributed by atoms with Crippen LogP contribution >= 0.6 is 0 Å². The molecular formula is C18H17N3O5. The molecule has 8 nitrogen and oxygen atoms in total. The number of nitrogens with zero attached hydrogens (tertiary/aromatic N) is 2. The topological polar surface area (TPSA) is 102 Å². The largest absolute Gasteiger partial charge is 0.482 e. The quantitative estimate of drug-likeness (QED) is 0.671. The molecule has 8 heteroatoms. The normalized spacial score (nSPS) is 13.8. The van der Waals surface area contributed by atoms with Crippen molar-refractivity contribution >= 4 is 23.2 Å². The number of carbonyl (C=O) groups excluding carboxylic acids is 2. The lowest BCUT2D eigenvalue weighted by Gasteiger charge is -2.26. The Morgan fingerprint density at radius 1 is 1.31 bits per heavy atom. The van der Waals surface area contributed by atoms with Crippen LogP contribution in [0.15, 0.2) is 42.5 Å². The molecule has 1 aliphatic heterocycles. The van der Waals surface area contributed by atoms with Crippen molar-refractivity contribution in [3.63, 3.8) is 0 Å². The van der Waals surface area contributed by atoms with Crippen LogP contribution < -0.4 is 10.1 Å². The maximum atomic E-state index is 12.8. The molecule has 2 aromatic rings. The van der Waals surface area contributed by atoms with E-state index in [0.29, 0.717) is 22.6 Å². The summed E-state index contributed by atoms with van der Waals surface area (Å²) in [4.78, 5) is 36.2. The molecule has 2 amide bonds. The highest BCUT2D eigenvalue weighted by Crippen LogP contribution is 2.30. The third-order valence-electron chi connectivity index (χ3n) is 4.32. The number of benzene rings is 2. The number of anilines is 1. The first-order chi connectivity index (χ1) is 12.4. The van der Waals surface area contributed by atoms with Crippen LogP contribution in [0.2, 0.25) is 0 Å². The summed E-state index contributed by atoms with van der Waals surface area (Å²) in [7, 11) is 1.63. The van der Waals surface area contributed by atoms with Gasteiger partial charge in [0.2, 0.25) is 0 Å². The predicted octanol–water partition coefficient (Wildman–Crippen LogP) is 2.76. The van der Waals surface area contributed by atoms with Crippen molar-refractivity contribution in [1.29, 1.82) is 0 Å². The number of rotatable bonds is 4. The van der Waals surface area contributed by atoms with Crippen LogP contribution in [0.5, 0.6) is 5.75 Å². The van der Waals surface area contributed by atoms with Crippen molar-refractivity contribution < 1.29 is 19.2 Å². The molecule has 0 spiro atoms. The molecule has 0 fully saturated rings. The van der Waals surface area contributed by atoms with Gasteiger partial charge in [0.25, 0.3) is 17.5 Å². The lowest BCUT2D eigenvalue weighted by molar-refractivity contribution is -0.384. The van der Waals surface area contributed by atoms with Gasteiger partial charge in [-0.1, -0.05) is 12.1 Å². The van der Waals surface area contributed by atoms with Gasteiger partial charge in [0.15, 0.2) is 6.61 Å². The lowest BCUT2D eigenvalue weighted by atomic mass is 10.0. The van der Waals surface area contributed by atoms with Gasteiger partial charge in [-0.25, -0.2) is 0 Å². The van der Waals surface area contributed by atoms with Gasteiger partial charge in [-0.15, -0.1) is 0 Å². The van der Waals surface area contributed by atoms with E-state index in [1.54, 1.807) is 44.3 Å². The van der Waals surface area contributed by atoms with E-state index < -0.39 is 4.92 Å². The maximum Gasteiger partial charge on any atom is 0.269 e. The zero-order valence-corrected chi connectivity index (χ0v) is 14.3. The molecular weight excluding hydrogens is 338 g/mol. The summed E-state index contributed by atoms with van der Waals surface area (Å²) < 4.78 is 5.28. The molecule has 26 heavy (non-hydrogen) atoms. The summed E-state index contributed by atoms with van der Waals surface area (Å²) in [5, 5.41) is 13.6. The molecule has 1 unspecified atom stereocenters. The highest BCUT2D eigenvalue weighted by Gasteiger charge is 2.23. The van der Waals surface area contributed by atoms with Crippen molar-refractivity contribution in [2.45, 2.75) is 13.0 Å². The number of nitro benzene ring substituents is 1. The van der Waals surface area contributed by atoms with Crippen molar-refractivity contribution in [3.8, 4) is 5.75 Å². The third-order valence-corrected chi connectivity index (χ3v) is 4.32. The SMILES string of the molecule is CC(c1cccc([N+](=O)[O-])c1)N(C)C(=O)c1ccc2c(c1)NC(=O)CO2. The number of nitro groups is 1. The Hall–Kier alpha value is -3.42. The van der Waals surface area contributed by atoms with Crippen LogP contribution in [-0.2, 0) is 4.79 Å². The highest BCUT2D eigenvalue weighted by molar-refractivity contribution is 5.99. The Morgan fingerprint density at radius 3 is 2.81 bits per heavy atom. The monoisotopic (exact) mass is 355 g/mol. The maximum absolute atomic E-state index is 12.8. The Kier molecular flexibility index (Phi) is 4.57. The lowest BCUT2D eigenvalue weighted by Crippen LogP contribution is -2.30. The van der Waals surface area contributed by atoms with Crippen molar-refractivity contribution in [1.82, 2.24) is 4.90 Å². The minimum absolute atomic E-state index is 0.0242. The predicted molar refractivity (Wildman–Crippen MR) is 94.2 cm³/mol. The number of carbonyl (C=O) groups is 2. The third kappa shape index (κ3) is 3.34. The molecule has 0 saturated carbocycles. The van der Waals surface area contributed by atoms with Gasteiger partial charge >= 0.3 is 0 Å². The standard InChI is InChI=1S/C18H17N3O5/c1-11(12-4-3-5-14(8-12)21(24)25)20(2)18(23)13-6-7-16-15(9-13)19-17(22)10-26-16/h3-9,11H,10H2,1-2H3,(H,19,22). The summed E-state index contributed by atoms with van der Waals surface area (Å²) in [6.07, 6.45) is 0. The Bertz CT molecular complexity index is 896. The van der Waals surface area contributed by atoms with E-state index in [1.165, 1.54) is 17.0 Å². The first-order valence-electron chi connectivity index (χ1n) is 7.95. The fraction of sp³-hybridized carbons (Fsp3) is 0.222. The second-order valence-corrected chi connectivity index (χ2v) is 5.99. The summed E-state index contributed by atoms with van der Waals surface area (Å²) in [6.45, 7) is 1.74. The van der Waals surface area contributed by atoms with Gasteiger partial charge in [0.05, 0.1) is 16.7 Å². The molecule has 3 rings (SSSR count). The van der Waals surface area contributed by atoms with Crippen molar-refractivity contribution in [2.24, 2.45) is 0 Å². The molecule has 0 aromatic heterocycles. The fourth-order valence-corrected chi connectivity index (χ4v) is 2.72. The van der Waals surface area contributed by atoms with Gasteiger partial charge in [-0.2, -0.15) is 0 Å². The Labute approximate surface area is 149 Å². The molecule has 1 N–H and O–H groups in total. The summed E-state index contributed by atoms with van der Waals surface area (Å²) in [6, 6.07) is 10.6. The molecule has 134 valence electrons. The molecule has 2 aromatic carbocycles. The second kappa shape index (κ2) is 6.83. The van der Waals surface area contributed by atoms with Crippen LogP contribution in [0, 0.1) is 10.1 Å². The smallest absolute Gasteiger partial charge is 0.269 e. The van der Waals surface area contributed by atoms with Crippen LogP contribution in [0.1, 0.15) is 28.9 Å². The number of hydrogen-bond donors (Lipinski definition) is 1. The minimum atomic E-state index is -0.468. The summed E-state index contributed by atoms with van der Waals surface area (Å²) in [5.74, 6) is -0.0393. The number of nitrogens with one attached hydrogen (secondary N) is 1. The minimum Gasteiger partial charge on any atom is -0.482 e. The van der Waals surface area contributed by atoms with E-state index in [9.17, 15) is 19.7 Å². The summed E-state index contributed by atoms with van der Waals surface area (Å²) in [5.41, 5.74) is 1.46. The number of hydrogen-bond acceptors (Lipinski definition) is 5.